The molecule has 0 spiro atoms. The Morgan fingerprint density at radius 1 is 1.30 bits per heavy atom. The summed E-state index contributed by atoms with van der Waals surface area (Å²) in [5.41, 5.74) is 7.97. The highest BCUT2D eigenvalue weighted by Crippen LogP contribution is 2.26. The first-order valence-corrected chi connectivity index (χ1v) is 7.38. The summed E-state index contributed by atoms with van der Waals surface area (Å²) in [5, 5.41) is 0. The third kappa shape index (κ3) is 4.02. The Bertz CT molecular complexity index is 572. The topological polar surface area (TPSA) is 61.0 Å². The maximum atomic E-state index is 5.91. The van der Waals surface area contributed by atoms with Crippen LogP contribution < -0.4 is 10.5 Å². The molecule has 1 aromatic carbocycles. The van der Waals surface area contributed by atoms with Crippen molar-refractivity contribution in [1.29, 1.82) is 0 Å². The molecule has 0 saturated carbocycles. The summed E-state index contributed by atoms with van der Waals surface area (Å²) < 4.78 is 6.65. The van der Waals surface area contributed by atoms with Crippen molar-refractivity contribution in [3.05, 3.63) is 46.2 Å². The van der Waals surface area contributed by atoms with Crippen molar-refractivity contribution in [2.24, 2.45) is 5.73 Å². The van der Waals surface area contributed by atoms with Gasteiger partial charge in [0, 0.05) is 22.9 Å². The maximum Gasteiger partial charge on any atom is 0.321 e. The molecule has 0 amide bonds. The molecule has 106 valence electrons. The number of halogens is 1. The van der Waals surface area contributed by atoms with Crippen molar-refractivity contribution in [2.75, 3.05) is 0 Å². The molecule has 0 radical (unpaired) electrons. The number of hydrogen-bond donors (Lipinski definition) is 1. The first-order valence-electron chi connectivity index (χ1n) is 6.59. The van der Waals surface area contributed by atoms with E-state index in [0.29, 0.717) is 6.01 Å². The highest BCUT2D eigenvalue weighted by Gasteiger charge is 2.06. The minimum absolute atomic E-state index is 0.151. The molecule has 0 aliphatic rings. The van der Waals surface area contributed by atoms with Gasteiger partial charge in [-0.05, 0) is 43.0 Å². The largest absolute Gasteiger partial charge is 0.424 e. The third-order valence-corrected chi connectivity index (χ3v) is 3.55. The lowest BCUT2D eigenvalue weighted by atomic mass is 10.1. The molecular weight excluding hydrogens is 318 g/mol. The van der Waals surface area contributed by atoms with Crippen molar-refractivity contribution in [2.45, 2.75) is 32.7 Å². The predicted molar refractivity (Wildman–Crippen MR) is 83.0 cm³/mol. The summed E-state index contributed by atoms with van der Waals surface area (Å²) in [6.07, 6.45) is 5.26. The second-order valence-electron chi connectivity index (χ2n) is 4.76. The summed E-state index contributed by atoms with van der Waals surface area (Å²) in [6.45, 7) is 4.05. The van der Waals surface area contributed by atoms with E-state index in [4.69, 9.17) is 10.5 Å². The number of aryl methyl sites for hydroxylation is 1. The van der Waals surface area contributed by atoms with Crippen LogP contribution in [0.15, 0.2) is 35.1 Å². The van der Waals surface area contributed by atoms with E-state index < -0.39 is 0 Å². The van der Waals surface area contributed by atoms with E-state index in [0.717, 1.165) is 34.2 Å². The second-order valence-corrected chi connectivity index (χ2v) is 5.67. The molecule has 1 aromatic heterocycles. The van der Waals surface area contributed by atoms with Gasteiger partial charge in [-0.2, -0.15) is 0 Å². The Hall–Kier alpha value is -1.46. The van der Waals surface area contributed by atoms with Gasteiger partial charge in [0.2, 0.25) is 0 Å². The van der Waals surface area contributed by atoms with Gasteiger partial charge in [-0.25, -0.2) is 9.97 Å². The molecule has 20 heavy (non-hydrogen) atoms. The summed E-state index contributed by atoms with van der Waals surface area (Å²) in [5.74, 6) is 0.748. The molecule has 2 aromatic rings. The lowest BCUT2D eigenvalue weighted by Gasteiger charge is -2.09. The number of rotatable bonds is 5. The van der Waals surface area contributed by atoms with Crippen LogP contribution in [-0.4, -0.2) is 16.0 Å². The van der Waals surface area contributed by atoms with E-state index >= 15 is 0 Å². The third-order valence-electron chi connectivity index (χ3n) is 3.06. The Kier molecular flexibility index (Phi) is 5.09. The Morgan fingerprint density at radius 3 is 2.65 bits per heavy atom. The minimum atomic E-state index is 0.151. The quantitative estimate of drug-likeness (QED) is 0.906. The standard InChI is InChI=1S/C15H18BrN3O/c1-3-13(17)6-11-8-18-15(19-9-11)20-14-7-12(16)5-4-10(14)2/h4-5,7-9,13H,3,6,17H2,1-2H3. The SMILES string of the molecule is CCC(N)Cc1cnc(Oc2cc(Br)ccc2C)nc1. The van der Waals surface area contributed by atoms with Crippen LogP contribution in [0.5, 0.6) is 11.8 Å². The minimum Gasteiger partial charge on any atom is -0.424 e. The summed E-state index contributed by atoms with van der Waals surface area (Å²) in [6, 6.07) is 6.35. The predicted octanol–water partition coefficient (Wildman–Crippen LogP) is 3.62. The average molecular weight is 336 g/mol. The summed E-state index contributed by atoms with van der Waals surface area (Å²) in [4.78, 5) is 8.46. The first kappa shape index (κ1) is 14.9. The molecule has 0 fully saturated rings. The first-order chi connectivity index (χ1) is 9.58. The highest BCUT2D eigenvalue weighted by atomic mass is 79.9. The van der Waals surface area contributed by atoms with Gasteiger partial charge in [-0.3, -0.25) is 0 Å². The smallest absolute Gasteiger partial charge is 0.321 e. The number of hydrogen-bond acceptors (Lipinski definition) is 4. The summed E-state index contributed by atoms with van der Waals surface area (Å²) >= 11 is 3.42. The van der Waals surface area contributed by atoms with E-state index in [2.05, 4.69) is 32.8 Å². The molecule has 1 unspecified atom stereocenters. The molecule has 2 rings (SSSR count). The maximum absolute atomic E-state index is 5.91. The monoisotopic (exact) mass is 335 g/mol. The fourth-order valence-electron chi connectivity index (χ4n) is 1.73. The van der Waals surface area contributed by atoms with E-state index in [1.54, 1.807) is 12.4 Å². The summed E-state index contributed by atoms with van der Waals surface area (Å²) in [7, 11) is 0. The highest BCUT2D eigenvalue weighted by molar-refractivity contribution is 9.10. The number of nitrogens with zero attached hydrogens (tertiary/aromatic N) is 2. The van der Waals surface area contributed by atoms with Crippen LogP contribution in [0.3, 0.4) is 0 Å². The number of nitrogens with two attached hydrogens (primary N) is 1. The van der Waals surface area contributed by atoms with Crippen LogP contribution in [0.1, 0.15) is 24.5 Å². The van der Waals surface area contributed by atoms with Gasteiger partial charge in [0.05, 0.1) is 0 Å². The van der Waals surface area contributed by atoms with E-state index in [1.165, 1.54) is 0 Å². The Labute approximate surface area is 127 Å². The van der Waals surface area contributed by atoms with Gasteiger partial charge in [0.15, 0.2) is 0 Å². The van der Waals surface area contributed by atoms with E-state index in [9.17, 15) is 0 Å². The van der Waals surface area contributed by atoms with Crippen LogP contribution in [-0.2, 0) is 6.42 Å². The average Bonchev–Trinajstić information content (AvgIpc) is 2.45. The van der Waals surface area contributed by atoms with E-state index in [-0.39, 0.29) is 6.04 Å². The molecular formula is C15H18BrN3O. The van der Waals surface area contributed by atoms with E-state index in [1.807, 2.05) is 25.1 Å². The number of aromatic nitrogens is 2. The van der Waals surface area contributed by atoms with Gasteiger partial charge >= 0.3 is 6.01 Å². The van der Waals surface area contributed by atoms with Crippen molar-refractivity contribution >= 4 is 15.9 Å². The molecule has 1 heterocycles. The lowest BCUT2D eigenvalue weighted by Crippen LogP contribution is -2.21. The molecule has 5 heteroatoms. The van der Waals surface area contributed by atoms with Crippen molar-refractivity contribution in [1.82, 2.24) is 9.97 Å². The Morgan fingerprint density at radius 2 is 2.00 bits per heavy atom. The van der Waals surface area contributed by atoms with Gasteiger partial charge in [-0.1, -0.05) is 28.9 Å². The number of benzene rings is 1. The lowest BCUT2D eigenvalue weighted by molar-refractivity contribution is 0.437. The van der Waals surface area contributed by atoms with Gasteiger partial charge < -0.3 is 10.5 Å². The zero-order chi connectivity index (χ0) is 14.5. The normalized spacial score (nSPS) is 12.2. The fourth-order valence-corrected chi connectivity index (χ4v) is 2.07. The van der Waals surface area contributed by atoms with Crippen molar-refractivity contribution < 1.29 is 4.74 Å². The van der Waals surface area contributed by atoms with Crippen LogP contribution >= 0.6 is 15.9 Å². The number of ether oxygens (including phenoxy) is 1. The molecule has 0 saturated heterocycles. The van der Waals surface area contributed by atoms with Gasteiger partial charge in [-0.15, -0.1) is 0 Å². The zero-order valence-electron chi connectivity index (χ0n) is 11.6. The Balaban J connectivity index is 2.09. The van der Waals surface area contributed by atoms with Crippen molar-refractivity contribution in [3.63, 3.8) is 0 Å². The van der Waals surface area contributed by atoms with Crippen LogP contribution in [0.4, 0.5) is 0 Å². The molecule has 0 aliphatic heterocycles. The molecule has 2 N–H and O–H groups in total. The van der Waals surface area contributed by atoms with Crippen LogP contribution in [0.25, 0.3) is 0 Å². The molecule has 4 nitrogen and oxygen atoms in total. The molecule has 0 aliphatic carbocycles. The van der Waals surface area contributed by atoms with Gasteiger partial charge in [0.25, 0.3) is 0 Å². The van der Waals surface area contributed by atoms with Crippen LogP contribution in [0, 0.1) is 6.92 Å². The molecule has 1 atom stereocenters. The second kappa shape index (κ2) is 6.81. The fraction of sp³-hybridized carbons (Fsp3) is 0.333. The van der Waals surface area contributed by atoms with Crippen LogP contribution in [0.2, 0.25) is 0 Å². The van der Waals surface area contributed by atoms with Crippen molar-refractivity contribution in [3.8, 4) is 11.8 Å². The zero-order valence-corrected chi connectivity index (χ0v) is 13.2. The molecule has 0 bridgehead atoms. The van der Waals surface area contributed by atoms with Gasteiger partial charge in [0.1, 0.15) is 5.75 Å².